The standard InChI is InChI=1S/C25H20N2O2S/c1-17-6-10-21(11-7-17)29-13-12-27-16-26-24-23(25(27)28)22(15-30-24)20-9-8-18-4-2-3-5-19(18)14-20/h2-11,14-16H,12-13H2,1H3. The molecule has 148 valence electrons. The predicted molar refractivity (Wildman–Crippen MR) is 123 cm³/mol. The number of aryl methyl sites for hydroxylation is 1. The Hall–Kier alpha value is -3.44. The van der Waals surface area contributed by atoms with Crippen molar-refractivity contribution >= 4 is 32.3 Å². The topological polar surface area (TPSA) is 44.1 Å². The lowest BCUT2D eigenvalue weighted by Gasteiger charge is -2.09. The Morgan fingerprint density at radius 2 is 1.80 bits per heavy atom. The van der Waals surface area contributed by atoms with E-state index in [-0.39, 0.29) is 5.56 Å². The molecule has 5 rings (SSSR count). The normalized spacial score (nSPS) is 11.2. The van der Waals surface area contributed by atoms with Crippen LogP contribution in [-0.2, 0) is 6.54 Å². The Kier molecular flexibility index (Phi) is 4.81. The van der Waals surface area contributed by atoms with Crippen molar-refractivity contribution in [3.63, 3.8) is 0 Å². The van der Waals surface area contributed by atoms with Crippen molar-refractivity contribution < 1.29 is 4.74 Å². The first-order chi connectivity index (χ1) is 14.7. The number of hydrogen-bond acceptors (Lipinski definition) is 4. The van der Waals surface area contributed by atoms with E-state index in [1.807, 2.05) is 48.7 Å². The van der Waals surface area contributed by atoms with Crippen LogP contribution in [0.4, 0.5) is 0 Å². The second-order valence-electron chi connectivity index (χ2n) is 7.30. The van der Waals surface area contributed by atoms with Gasteiger partial charge in [-0.15, -0.1) is 11.3 Å². The van der Waals surface area contributed by atoms with Gasteiger partial charge in [-0.05, 0) is 41.5 Å². The Labute approximate surface area is 178 Å². The van der Waals surface area contributed by atoms with Gasteiger partial charge in [-0.25, -0.2) is 4.98 Å². The van der Waals surface area contributed by atoms with Gasteiger partial charge in [0.15, 0.2) is 0 Å². The summed E-state index contributed by atoms with van der Waals surface area (Å²) in [6.45, 7) is 2.90. The summed E-state index contributed by atoms with van der Waals surface area (Å²) in [5, 5.41) is 5.04. The molecule has 0 radical (unpaired) electrons. The van der Waals surface area contributed by atoms with Crippen molar-refractivity contribution in [2.24, 2.45) is 0 Å². The molecule has 0 aliphatic heterocycles. The maximum atomic E-state index is 13.2. The van der Waals surface area contributed by atoms with Crippen LogP contribution in [0.3, 0.4) is 0 Å². The molecule has 4 nitrogen and oxygen atoms in total. The van der Waals surface area contributed by atoms with E-state index in [4.69, 9.17) is 4.74 Å². The zero-order chi connectivity index (χ0) is 20.5. The van der Waals surface area contributed by atoms with Crippen LogP contribution >= 0.6 is 11.3 Å². The number of aromatic nitrogens is 2. The molecule has 0 saturated heterocycles. The predicted octanol–water partition coefficient (Wildman–Crippen LogP) is 5.67. The van der Waals surface area contributed by atoms with Gasteiger partial charge in [0.05, 0.1) is 18.3 Å². The fraction of sp³-hybridized carbons (Fsp3) is 0.120. The van der Waals surface area contributed by atoms with Crippen LogP contribution < -0.4 is 10.3 Å². The fourth-order valence-electron chi connectivity index (χ4n) is 3.59. The quantitative estimate of drug-likeness (QED) is 0.374. The van der Waals surface area contributed by atoms with Crippen LogP contribution in [0.25, 0.3) is 32.1 Å². The molecule has 0 bridgehead atoms. The Balaban J connectivity index is 1.46. The molecule has 5 aromatic rings. The smallest absolute Gasteiger partial charge is 0.262 e. The van der Waals surface area contributed by atoms with Crippen molar-refractivity contribution in [3.8, 4) is 16.9 Å². The van der Waals surface area contributed by atoms with E-state index in [1.54, 1.807) is 10.9 Å². The first-order valence-corrected chi connectivity index (χ1v) is 10.7. The summed E-state index contributed by atoms with van der Waals surface area (Å²) in [6, 6.07) is 22.4. The van der Waals surface area contributed by atoms with Gasteiger partial charge in [0.1, 0.15) is 17.2 Å². The van der Waals surface area contributed by atoms with Gasteiger partial charge >= 0.3 is 0 Å². The fourth-order valence-corrected chi connectivity index (χ4v) is 4.50. The summed E-state index contributed by atoms with van der Waals surface area (Å²) in [6.07, 6.45) is 1.61. The third-order valence-corrected chi connectivity index (χ3v) is 6.13. The summed E-state index contributed by atoms with van der Waals surface area (Å²) >= 11 is 1.50. The molecule has 2 aromatic heterocycles. The van der Waals surface area contributed by atoms with Gasteiger partial charge in [0.25, 0.3) is 5.56 Å². The van der Waals surface area contributed by atoms with Crippen molar-refractivity contribution in [3.05, 3.63) is 94.4 Å². The van der Waals surface area contributed by atoms with E-state index >= 15 is 0 Å². The number of thiophene rings is 1. The van der Waals surface area contributed by atoms with Gasteiger partial charge in [-0.3, -0.25) is 9.36 Å². The monoisotopic (exact) mass is 412 g/mol. The van der Waals surface area contributed by atoms with Crippen molar-refractivity contribution in [1.29, 1.82) is 0 Å². The average Bonchev–Trinajstić information content (AvgIpc) is 3.21. The summed E-state index contributed by atoms with van der Waals surface area (Å²) in [4.78, 5) is 18.5. The molecular formula is C25H20N2O2S. The Morgan fingerprint density at radius 1 is 1.00 bits per heavy atom. The molecule has 0 atom stereocenters. The van der Waals surface area contributed by atoms with Gasteiger partial charge in [0, 0.05) is 10.9 Å². The molecule has 0 amide bonds. The highest BCUT2D eigenvalue weighted by atomic mass is 32.1. The molecule has 0 spiro atoms. The molecule has 0 fully saturated rings. The number of nitrogens with zero attached hydrogens (tertiary/aromatic N) is 2. The lowest BCUT2D eigenvalue weighted by Crippen LogP contribution is -2.23. The number of ether oxygens (including phenoxy) is 1. The van der Waals surface area contributed by atoms with Gasteiger partial charge in [-0.1, -0.05) is 54.1 Å². The van der Waals surface area contributed by atoms with E-state index in [0.717, 1.165) is 27.1 Å². The van der Waals surface area contributed by atoms with Crippen molar-refractivity contribution in [2.75, 3.05) is 6.61 Å². The molecule has 0 N–H and O–H groups in total. The molecule has 0 aliphatic carbocycles. The zero-order valence-corrected chi connectivity index (χ0v) is 17.4. The molecule has 0 unspecified atom stereocenters. The molecule has 3 aromatic carbocycles. The number of benzene rings is 3. The second kappa shape index (κ2) is 7.76. The van der Waals surface area contributed by atoms with Crippen LogP contribution in [0.2, 0.25) is 0 Å². The number of fused-ring (bicyclic) bond motifs is 2. The van der Waals surface area contributed by atoms with Gasteiger partial charge in [-0.2, -0.15) is 0 Å². The van der Waals surface area contributed by atoms with Crippen molar-refractivity contribution in [1.82, 2.24) is 9.55 Å². The van der Waals surface area contributed by atoms with Crippen LogP contribution in [0.5, 0.6) is 5.75 Å². The summed E-state index contributed by atoms with van der Waals surface area (Å²) < 4.78 is 7.42. The Morgan fingerprint density at radius 3 is 2.63 bits per heavy atom. The van der Waals surface area contributed by atoms with Crippen molar-refractivity contribution in [2.45, 2.75) is 13.5 Å². The highest BCUT2D eigenvalue weighted by Crippen LogP contribution is 2.32. The van der Waals surface area contributed by atoms with E-state index in [9.17, 15) is 4.79 Å². The molecule has 0 aliphatic rings. The maximum absolute atomic E-state index is 13.2. The average molecular weight is 413 g/mol. The third-order valence-electron chi connectivity index (χ3n) is 5.24. The SMILES string of the molecule is Cc1ccc(OCCn2cnc3scc(-c4ccc5ccccc5c4)c3c2=O)cc1. The van der Waals surface area contributed by atoms with Crippen LogP contribution in [0, 0.1) is 6.92 Å². The van der Waals surface area contributed by atoms with E-state index in [2.05, 4.69) is 35.3 Å². The van der Waals surface area contributed by atoms with E-state index < -0.39 is 0 Å². The Bertz CT molecular complexity index is 1400. The second-order valence-corrected chi connectivity index (χ2v) is 8.15. The minimum absolute atomic E-state index is 0.0306. The minimum Gasteiger partial charge on any atom is -0.492 e. The zero-order valence-electron chi connectivity index (χ0n) is 16.5. The number of hydrogen-bond donors (Lipinski definition) is 0. The maximum Gasteiger partial charge on any atom is 0.262 e. The number of rotatable bonds is 5. The molecular weight excluding hydrogens is 392 g/mol. The third kappa shape index (κ3) is 3.48. The lowest BCUT2D eigenvalue weighted by atomic mass is 10.0. The molecule has 2 heterocycles. The summed E-state index contributed by atoms with van der Waals surface area (Å²) in [7, 11) is 0. The van der Waals surface area contributed by atoms with Crippen LogP contribution in [0.1, 0.15) is 5.56 Å². The highest BCUT2D eigenvalue weighted by Gasteiger charge is 2.13. The van der Waals surface area contributed by atoms with Crippen LogP contribution in [-0.4, -0.2) is 16.2 Å². The van der Waals surface area contributed by atoms with E-state index in [1.165, 1.54) is 22.3 Å². The highest BCUT2D eigenvalue weighted by molar-refractivity contribution is 7.17. The molecule has 30 heavy (non-hydrogen) atoms. The van der Waals surface area contributed by atoms with E-state index in [0.29, 0.717) is 18.5 Å². The first kappa shape index (κ1) is 18.6. The summed E-state index contributed by atoms with van der Waals surface area (Å²) in [5.41, 5.74) is 3.13. The molecule has 5 heteroatoms. The van der Waals surface area contributed by atoms with Gasteiger partial charge < -0.3 is 4.74 Å². The summed E-state index contributed by atoms with van der Waals surface area (Å²) in [5.74, 6) is 0.801. The molecule has 0 saturated carbocycles. The van der Waals surface area contributed by atoms with Gasteiger partial charge in [0.2, 0.25) is 0 Å². The lowest BCUT2D eigenvalue weighted by molar-refractivity contribution is 0.296. The van der Waals surface area contributed by atoms with Crippen LogP contribution in [0.15, 0.2) is 83.2 Å². The minimum atomic E-state index is -0.0306. The first-order valence-electron chi connectivity index (χ1n) is 9.84. The largest absolute Gasteiger partial charge is 0.492 e.